The quantitative estimate of drug-likeness (QED) is 0.766. The summed E-state index contributed by atoms with van der Waals surface area (Å²) in [6.45, 7) is 0.872. The molecule has 1 aromatic rings. The molecule has 0 radical (unpaired) electrons. The van der Waals surface area contributed by atoms with Gasteiger partial charge in [0, 0.05) is 0 Å². The maximum Gasteiger partial charge on any atom is 0.316 e. The first-order valence-electron chi connectivity index (χ1n) is 4.11. The van der Waals surface area contributed by atoms with E-state index in [9.17, 15) is 9.18 Å². The van der Waals surface area contributed by atoms with Gasteiger partial charge in [-0.2, -0.15) is 0 Å². The van der Waals surface area contributed by atoms with Gasteiger partial charge in [-0.05, 0) is 24.6 Å². The van der Waals surface area contributed by atoms with E-state index in [0.717, 1.165) is 0 Å². The summed E-state index contributed by atoms with van der Waals surface area (Å²) in [5.74, 6) is -1.56. The molecular weight excluding hydrogens is 187 g/mol. The van der Waals surface area contributed by atoms with Crippen LogP contribution in [0.15, 0.2) is 24.3 Å². The zero-order valence-electron chi connectivity index (χ0n) is 7.70. The standard InChI is InChI=1S/C10H11FO3/c1-10(6-12,9(13)14)7-2-4-8(11)5-3-7/h2-5,12H,6H2,1H3,(H,13,14)/t10-/m0/s1. The lowest BCUT2D eigenvalue weighted by Gasteiger charge is -2.22. The van der Waals surface area contributed by atoms with Crippen molar-refractivity contribution in [3.63, 3.8) is 0 Å². The highest BCUT2D eigenvalue weighted by Crippen LogP contribution is 2.23. The Balaban J connectivity index is 3.13. The monoisotopic (exact) mass is 198 g/mol. The van der Waals surface area contributed by atoms with E-state index in [0.29, 0.717) is 5.56 Å². The zero-order chi connectivity index (χ0) is 10.8. The third-order valence-corrected chi connectivity index (χ3v) is 2.27. The number of halogens is 1. The van der Waals surface area contributed by atoms with Gasteiger partial charge < -0.3 is 10.2 Å². The number of hydrogen-bond donors (Lipinski definition) is 2. The van der Waals surface area contributed by atoms with Gasteiger partial charge in [-0.1, -0.05) is 12.1 Å². The summed E-state index contributed by atoms with van der Waals surface area (Å²) in [4.78, 5) is 10.9. The Hall–Kier alpha value is -1.42. The van der Waals surface area contributed by atoms with Crippen LogP contribution in [0.4, 0.5) is 4.39 Å². The number of aliphatic hydroxyl groups excluding tert-OH is 1. The Morgan fingerprint density at radius 3 is 2.29 bits per heavy atom. The topological polar surface area (TPSA) is 57.5 Å². The van der Waals surface area contributed by atoms with Gasteiger partial charge in [-0.15, -0.1) is 0 Å². The van der Waals surface area contributed by atoms with Crippen LogP contribution in [0, 0.1) is 5.82 Å². The van der Waals surface area contributed by atoms with Gasteiger partial charge >= 0.3 is 5.97 Å². The minimum Gasteiger partial charge on any atom is -0.481 e. The van der Waals surface area contributed by atoms with Gasteiger partial charge in [0.2, 0.25) is 0 Å². The number of rotatable bonds is 3. The molecule has 0 saturated heterocycles. The van der Waals surface area contributed by atoms with E-state index in [1.807, 2.05) is 0 Å². The SMILES string of the molecule is C[C@@](CO)(C(=O)O)c1ccc(F)cc1. The van der Waals surface area contributed by atoms with Crippen LogP contribution >= 0.6 is 0 Å². The zero-order valence-corrected chi connectivity index (χ0v) is 7.70. The predicted octanol–water partition coefficient (Wildman–Crippen LogP) is 1.16. The van der Waals surface area contributed by atoms with Crippen molar-refractivity contribution < 1.29 is 19.4 Å². The Labute approximate surface area is 80.8 Å². The molecule has 2 N–H and O–H groups in total. The minimum absolute atomic E-state index is 0.383. The molecule has 1 atom stereocenters. The average Bonchev–Trinajstić information content (AvgIpc) is 2.17. The van der Waals surface area contributed by atoms with Crippen LogP contribution in [-0.2, 0) is 10.2 Å². The van der Waals surface area contributed by atoms with E-state index >= 15 is 0 Å². The van der Waals surface area contributed by atoms with Crippen LogP contribution in [0.25, 0.3) is 0 Å². The summed E-state index contributed by atoms with van der Waals surface area (Å²) < 4.78 is 12.6. The van der Waals surface area contributed by atoms with Crippen molar-refractivity contribution in [1.82, 2.24) is 0 Å². The first kappa shape index (κ1) is 10.7. The van der Waals surface area contributed by atoms with Crippen molar-refractivity contribution in [2.24, 2.45) is 0 Å². The van der Waals surface area contributed by atoms with E-state index < -0.39 is 23.8 Å². The molecule has 0 aliphatic carbocycles. The Morgan fingerprint density at radius 2 is 1.93 bits per heavy atom. The van der Waals surface area contributed by atoms with Gasteiger partial charge in [-0.3, -0.25) is 4.79 Å². The smallest absolute Gasteiger partial charge is 0.316 e. The molecule has 1 aromatic carbocycles. The molecule has 14 heavy (non-hydrogen) atoms. The van der Waals surface area contributed by atoms with E-state index in [4.69, 9.17) is 10.2 Å². The van der Waals surface area contributed by atoms with Crippen LogP contribution in [0.1, 0.15) is 12.5 Å². The summed E-state index contributed by atoms with van der Waals surface area (Å²) in [7, 11) is 0. The molecule has 0 amide bonds. The fourth-order valence-corrected chi connectivity index (χ4v) is 1.10. The van der Waals surface area contributed by atoms with Crippen LogP contribution in [0.5, 0.6) is 0 Å². The largest absolute Gasteiger partial charge is 0.481 e. The van der Waals surface area contributed by atoms with Crippen LogP contribution in [0.3, 0.4) is 0 Å². The van der Waals surface area contributed by atoms with Gasteiger partial charge in [0.05, 0.1) is 6.61 Å². The second-order valence-corrected chi connectivity index (χ2v) is 3.30. The average molecular weight is 198 g/mol. The first-order valence-corrected chi connectivity index (χ1v) is 4.11. The second-order valence-electron chi connectivity index (χ2n) is 3.30. The summed E-state index contributed by atoms with van der Waals surface area (Å²) in [6, 6.07) is 5.07. The summed E-state index contributed by atoms with van der Waals surface area (Å²) in [6.07, 6.45) is 0. The highest BCUT2D eigenvalue weighted by atomic mass is 19.1. The number of aliphatic carboxylic acids is 1. The van der Waals surface area contributed by atoms with E-state index in [2.05, 4.69) is 0 Å². The van der Waals surface area contributed by atoms with Gasteiger partial charge in [0.15, 0.2) is 0 Å². The van der Waals surface area contributed by atoms with E-state index in [-0.39, 0.29) is 0 Å². The summed E-state index contributed by atoms with van der Waals surface area (Å²) in [5, 5.41) is 17.9. The number of benzene rings is 1. The highest BCUT2D eigenvalue weighted by molar-refractivity contribution is 5.80. The number of aliphatic hydroxyl groups is 1. The van der Waals surface area contributed by atoms with Crippen molar-refractivity contribution >= 4 is 5.97 Å². The van der Waals surface area contributed by atoms with Crippen LogP contribution in [0.2, 0.25) is 0 Å². The fraction of sp³-hybridized carbons (Fsp3) is 0.300. The molecule has 1 rings (SSSR count). The molecule has 0 saturated carbocycles. The van der Waals surface area contributed by atoms with Gasteiger partial charge in [0.1, 0.15) is 11.2 Å². The molecule has 4 heteroatoms. The lowest BCUT2D eigenvalue weighted by molar-refractivity contribution is -0.144. The third kappa shape index (κ3) is 1.75. The van der Waals surface area contributed by atoms with Gasteiger partial charge in [0.25, 0.3) is 0 Å². The Bertz CT molecular complexity index is 334. The van der Waals surface area contributed by atoms with Crippen molar-refractivity contribution in [2.75, 3.05) is 6.61 Å². The maximum atomic E-state index is 12.6. The van der Waals surface area contributed by atoms with Crippen molar-refractivity contribution in [2.45, 2.75) is 12.3 Å². The molecule has 0 aliphatic heterocycles. The van der Waals surface area contributed by atoms with Crippen molar-refractivity contribution in [3.05, 3.63) is 35.6 Å². The third-order valence-electron chi connectivity index (χ3n) is 2.27. The normalized spacial score (nSPS) is 14.8. The molecular formula is C10H11FO3. The highest BCUT2D eigenvalue weighted by Gasteiger charge is 2.34. The van der Waals surface area contributed by atoms with E-state index in [1.165, 1.54) is 31.2 Å². The molecule has 0 unspecified atom stereocenters. The lowest BCUT2D eigenvalue weighted by atomic mass is 9.83. The molecule has 0 heterocycles. The number of hydrogen-bond acceptors (Lipinski definition) is 2. The molecule has 0 fully saturated rings. The summed E-state index contributed by atoms with van der Waals surface area (Å²) in [5.41, 5.74) is -0.984. The van der Waals surface area contributed by atoms with Crippen LogP contribution in [-0.4, -0.2) is 22.8 Å². The Kier molecular flexibility index (Phi) is 2.86. The van der Waals surface area contributed by atoms with E-state index in [1.54, 1.807) is 0 Å². The molecule has 76 valence electrons. The van der Waals surface area contributed by atoms with Crippen molar-refractivity contribution in [3.8, 4) is 0 Å². The molecule has 0 aromatic heterocycles. The summed E-state index contributed by atoms with van der Waals surface area (Å²) >= 11 is 0. The van der Waals surface area contributed by atoms with Crippen molar-refractivity contribution in [1.29, 1.82) is 0 Å². The van der Waals surface area contributed by atoms with Crippen LogP contribution < -0.4 is 0 Å². The number of carboxylic acids is 1. The molecule has 0 bridgehead atoms. The minimum atomic E-state index is -1.37. The molecule has 3 nitrogen and oxygen atoms in total. The predicted molar refractivity (Wildman–Crippen MR) is 48.5 cm³/mol. The molecule has 0 aliphatic rings. The first-order chi connectivity index (χ1) is 6.50. The Morgan fingerprint density at radius 1 is 1.43 bits per heavy atom. The van der Waals surface area contributed by atoms with Gasteiger partial charge in [-0.25, -0.2) is 4.39 Å². The second kappa shape index (κ2) is 3.75. The lowest BCUT2D eigenvalue weighted by Crippen LogP contribution is -2.36. The number of carbonyl (C=O) groups is 1. The number of carboxylic acid groups (broad SMARTS) is 1. The maximum absolute atomic E-state index is 12.6. The fourth-order valence-electron chi connectivity index (χ4n) is 1.10. The molecule has 0 spiro atoms.